The Morgan fingerprint density at radius 1 is 1.31 bits per heavy atom. The summed E-state index contributed by atoms with van der Waals surface area (Å²) < 4.78 is 5.28. The highest BCUT2D eigenvalue weighted by atomic mass is 16.5. The van der Waals surface area contributed by atoms with Crippen LogP contribution in [-0.4, -0.2) is 18.3 Å². The molecule has 16 heavy (non-hydrogen) atoms. The van der Waals surface area contributed by atoms with Gasteiger partial charge in [0, 0.05) is 18.4 Å². The average molecular weight is 221 g/mol. The largest absolute Gasteiger partial charge is 0.494 e. The van der Waals surface area contributed by atoms with E-state index in [4.69, 9.17) is 10.5 Å². The summed E-state index contributed by atoms with van der Waals surface area (Å²) in [5.41, 5.74) is 5.53. The lowest BCUT2D eigenvalue weighted by molar-refractivity contribution is -0.118. The van der Waals surface area contributed by atoms with Crippen molar-refractivity contribution in [2.45, 2.75) is 19.8 Å². The van der Waals surface area contributed by atoms with E-state index in [1.807, 2.05) is 6.92 Å². The molecule has 0 fully saturated rings. The third-order valence-electron chi connectivity index (χ3n) is 2.07. The number of ketones is 1. The van der Waals surface area contributed by atoms with Crippen LogP contribution in [-0.2, 0) is 4.79 Å². The van der Waals surface area contributed by atoms with E-state index >= 15 is 0 Å². The van der Waals surface area contributed by atoms with Gasteiger partial charge in [0.2, 0.25) is 5.91 Å². The number of hydrogen-bond donors (Lipinski definition) is 1. The summed E-state index contributed by atoms with van der Waals surface area (Å²) in [6.07, 6.45) is 0.225. The normalized spacial score (nSPS) is 9.81. The third-order valence-corrected chi connectivity index (χ3v) is 2.07. The van der Waals surface area contributed by atoms with Gasteiger partial charge in [-0.15, -0.1) is 0 Å². The molecule has 0 radical (unpaired) electrons. The van der Waals surface area contributed by atoms with Crippen LogP contribution in [0.4, 0.5) is 0 Å². The molecule has 0 saturated heterocycles. The first-order chi connectivity index (χ1) is 7.63. The van der Waals surface area contributed by atoms with Crippen molar-refractivity contribution >= 4 is 11.7 Å². The number of benzene rings is 1. The minimum absolute atomic E-state index is 0.0810. The maximum Gasteiger partial charge on any atom is 0.217 e. The fourth-order valence-corrected chi connectivity index (χ4v) is 1.31. The molecule has 0 aromatic heterocycles. The molecule has 0 saturated carbocycles. The first-order valence-electron chi connectivity index (χ1n) is 5.18. The zero-order valence-corrected chi connectivity index (χ0v) is 9.23. The lowest BCUT2D eigenvalue weighted by atomic mass is 10.1. The van der Waals surface area contributed by atoms with Gasteiger partial charge in [-0.2, -0.15) is 0 Å². The predicted octanol–water partition coefficient (Wildman–Crippen LogP) is 1.53. The van der Waals surface area contributed by atoms with Crippen molar-refractivity contribution in [2.75, 3.05) is 6.61 Å². The van der Waals surface area contributed by atoms with Gasteiger partial charge < -0.3 is 10.5 Å². The summed E-state index contributed by atoms with van der Waals surface area (Å²) in [5, 5.41) is 0. The molecule has 0 unspecified atom stereocenters. The van der Waals surface area contributed by atoms with E-state index in [1.165, 1.54) is 0 Å². The zero-order chi connectivity index (χ0) is 12.0. The Kier molecular flexibility index (Phi) is 4.51. The number of Topliss-reactive ketones (excluding diaryl/α,β-unsaturated/α-hetero) is 1. The summed E-state index contributed by atoms with van der Waals surface area (Å²) in [5.74, 6) is 0.0992. The summed E-state index contributed by atoms with van der Waals surface area (Å²) in [4.78, 5) is 22.2. The van der Waals surface area contributed by atoms with Crippen molar-refractivity contribution in [3.05, 3.63) is 29.8 Å². The Hall–Kier alpha value is -1.84. The molecule has 0 aliphatic heterocycles. The van der Waals surface area contributed by atoms with Gasteiger partial charge >= 0.3 is 0 Å². The van der Waals surface area contributed by atoms with Crippen molar-refractivity contribution in [3.63, 3.8) is 0 Å². The lowest BCUT2D eigenvalue weighted by Crippen LogP contribution is -2.12. The molecule has 0 aliphatic rings. The van der Waals surface area contributed by atoms with Crippen molar-refractivity contribution in [2.24, 2.45) is 5.73 Å². The highest BCUT2D eigenvalue weighted by Crippen LogP contribution is 2.15. The van der Waals surface area contributed by atoms with Gasteiger partial charge in [-0.25, -0.2) is 0 Å². The molecule has 86 valence electrons. The Balaban J connectivity index is 2.67. The number of nitrogens with two attached hydrogens (primary N) is 1. The first kappa shape index (κ1) is 12.2. The van der Waals surface area contributed by atoms with Crippen LogP contribution in [0.3, 0.4) is 0 Å². The molecule has 4 heteroatoms. The monoisotopic (exact) mass is 221 g/mol. The number of carbonyl (C=O) groups is 2. The Morgan fingerprint density at radius 3 is 2.69 bits per heavy atom. The maximum absolute atomic E-state index is 11.6. The van der Waals surface area contributed by atoms with Gasteiger partial charge in [0.1, 0.15) is 5.75 Å². The van der Waals surface area contributed by atoms with Gasteiger partial charge in [-0.05, 0) is 19.1 Å². The molecule has 0 aliphatic carbocycles. The smallest absolute Gasteiger partial charge is 0.217 e. The molecule has 0 bridgehead atoms. The van der Waals surface area contributed by atoms with Crippen molar-refractivity contribution in [3.8, 4) is 5.75 Å². The van der Waals surface area contributed by atoms with Crippen molar-refractivity contribution in [1.82, 2.24) is 0 Å². The molecule has 1 amide bonds. The van der Waals surface area contributed by atoms with E-state index in [0.29, 0.717) is 17.9 Å². The number of rotatable bonds is 6. The van der Waals surface area contributed by atoms with E-state index < -0.39 is 5.91 Å². The highest BCUT2D eigenvalue weighted by molar-refractivity contribution is 5.98. The minimum atomic E-state index is -0.464. The molecule has 0 atom stereocenters. The summed E-state index contributed by atoms with van der Waals surface area (Å²) in [7, 11) is 0. The molecule has 0 heterocycles. The first-order valence-corrected chi connectivity index (χ1v) is 5.18. The predicted molar refractivity (Wildman–Crippen MR) is 60.4 cm³/mol. The minimum Gasteiger partial charge on any atom is -0.494 e. The van der Waals surface area contributed by atoms with E-state index in [-0.39, 0.29) is 18.6 Å². The Bertz CT molecular complexity index is 388. The molecule has 2 N–H and O–H groups in total. The van der Waals surface area contributed by atoms with Crippen molar-refractivity contribution in [1.29, 1.82) is 0 Å². The van der Waals surface area contributed by atoms with Gasteiger partial charge in [0.25, 0.3) is 0 Å². The van der Waals surface area contributed by atoms with Crippen LogP contribution in [0, 0.1) is 0 Å². The Morgan fingerprint density at radius 2 is 2.06 bits per heavy atom. The summed E-state index contributed by atoms with van der Waals surface area (Å²) in [6.45, 7) is 2.43. The van der Waals surface area contributed by atoms with Gasteiger partial charge in [-0.3, -0.25) is 9.59 Å². The van der Waals surface area contributed by atoms with Gasteiger partial charge in [0.05, 0.1) is 6.61 Å². The highest BCUT2D eigenvalue weighted by Gasteiger charge is 2.08. The number of primary amides is 1. The SMILES string of the molecule is CCOc1cccc(C(=O)CCC(N)=O)c1. The number of hydrogen-bond acceptors (Lipinski definition) is 3. The standard InChI is InChI=1S/C12H15NO3/c1-2-16-10-5-3-4-9(8-10)11(14)6-7-12(13)15/h3-5,8H,2,6-7H2,1H3,(H2,13,15). The lowest BCUT2D eigenvalue weighted by Gasteiger charge is -2.04. The molecule has 0 spiro atoms. The maximum atomic E-state index is 11.6. The Labute approximate surface area is 94.4 Å². The van der Waals surface area contributed by atoms with Crippen LogP contribution < -0.4 is 10.5 Å². The molecular weight excluding hydrogens is 206 g/mol. The zero-order valence-electron chi connectivity index (χ0n) is 9.23. The quantitative estimate of drug-likeness (QED) is 0.740. The van der Waals surface area contributed by atoms with Crippen LogP contribution in [0.25, 0.3) is 0 Å². The van der Waals surface area contributed by atoms with Crippen LogP contribution in [0.2, 0.25) is 0 Å². The van der Waals surface area contributed by atoms with Crippen LogP contribution in [0.1, 0.15) is 30.1 Å². The fourth-order valence-electron chi connectivity index (χ4n) is 1.31. The van der Waals surface area contributed by atoms with E-state index in [9.17, 15) is 9.59 Å². The van der Waals surface area contributed by atoms with Crippen LogP contribution >= 0.6 is 0 Å². The number of ether oxygens (including phenoxy) is 1. The number of carbonyl (C=O) groups excluding carboxylic acids is 2. The molecule has 1 aromatic rings. The van der Waals surface area contributed by atoms with Gasteiger partial charge in [0.15, 0.2) is 5.78 Å². The van der Waals surface area contributed by atoms with Crippen LogP contribution in [0.15, 0.2) is 24.3 Å². The van der Waals surface area contributed by atoms with Crippen LogP contribution in [0.5, 0.6) is 5.75 Å². The molecule has 1 rings (SSSR count). The van der Waals surface area contributed by atoms with E-state index in [2.05, 4.69) is 0 Å². The third kappa shape index (κ3) is 3.73. The van der Waals surface area contributed by atoms with E-state index in [0.717, 1.165) is 0 Å². The second-order valence-corrected chi connectivity index (χ2v) is 3.35. The topological polar surface area (TPSA) is 69.4 Å². The fraction of sp³-hybridized carbons (Fsp3) is 0.333. The summed E-state index contributed by atoms with van der Waals surface area (Å²) >= 11 is 0. The van der Waals surface area contributed by atoms with E-state index in [1.54, 1.807) is 24.3 Å². The molecule has 4 nitrogen and oxygen atoms in total. The molecule has 1 aromatic carbocycles. The van der Waals surface area contributed by atoms with Gasteiger partial charge in [-0.1, -0.05) is 12.1 Å². The number of amides is 1. The van der Waals surface area contributed by atoms with Crippen molar-refractivity contribution < 1.29 is 14.3 Å². The summed E-state index contributed by atoms with van der Waals surface area (Å²) in [6, 6.07) is 6.91. The second-order valence-electron chi connectivity index (χ2n) is 3.35. The second kappa shape index (κ2) is 5.90. The molecular formula is C12H15NO3. The average Bonchev–Trinajstić information content (AvgIpc) is 2.26.